The highest BCUT2D eigenvalue weighted by Gasteiger charge is 2.12. The van der Waals surface area contributed by atoms with Crippen LogP contribution in [0.15, 0.2) is 15.5 Å². The Labute approximate surface area is 132 Å². The Balaban J connectivity index is 2.27. The lowest BCUT2D eigenvalue weighted by molar-refractivity contribution is 0.435. The highest BCUT2D eigenvalue weighted by atomic mass is 32.1. The lowest BCUT2D eigenvalue weighted by Gasteiger charge is -2.16. The van der Waals surface area contributed by atoms with Gasteiger partial charge in [-0.25, -0.2) is 4.68 Å². The first kappa shape index (κ1) is 16.5. The molecule has 0 amide bonds. The van der Waals surface area contributed by atoms with Crippen LogP contribution in [0.5, 0.6) is 0 Å². The molecule has 118 valence electrons. The van der Waals surface area contributed by atoms with Crippen LogP contribution in [0.2, 0.25) is 0 Å². The van der Waals surface area contributed by atoms with Crippen molar-refractivity contribution in [3.05, 3.63) is 15.9 Å². The maximum Gasteiger partial charge on any atom is 0.206 e. The number of nitrogens with zero attached hydrogens (tertiary/aromatic N) is 3. The van der Waals surface area contributed by atoms with Gasteiger partial charge in [-0.3, -0.25) is 4.99 Å². The summed E-state index contributed by atoms with van der Waals surface area (Å²) in [7, 11) is 0. The highest BCUT2D eigenvalue weighted by Crippen LogP contribution is 2.20. The summed E-state index contributed by atoms with van der Waals surface area (Å²) in [6, 6.07) is 0.513. The Kier molecular flexibility index (Phi) is 6.68. The molecule has 2 rings (SSSR count). The van der Waals surface area contributed by atoms with Crippen LogP contribution in [0, 0.1) is 6.92 Å². The number of thiazole rings is 1. The van der Waals surface area contributed by atoms with E-state index in [0.717, 1.165) is 30.5 Å². The van der Waals surface area contributed by atoms with E-state index in [1.54, 1.807) is 11.3 Å². The summed E-state index contributed by atoms with van der Waals surface area (Å²) in [5.41, 5.74) is 2.52. The van der Waals surface area contributed by atoms with Gasteiger partial charge in [0.1, 0.15) is 0 Å². The van der Waals surface area contributed by atoms with Crippen LogP contribution in [0.4, 0.5) is 0 Å². The largest absolute Gasteiger partial charge is 0.254 e. The Morgan fingerprint density at radius 2 is 1.86 bits per heavy atom. The van der Waals surface area contributed by atoms with E-state index in [4.69, 9.17) is 10.1 Å². The molecule has 1 aliphatic carbocycles. The predicted molar refractivity (Wildman–Crippen MR) is 92.1 cm³/mol. The Morgan fingerprint density at radius 1 is 1.19 bits per heavy atom. The molecular weight excluding hydrogens is 278 g/mol. The molecule has 1 heterocycles. The molecule has 4 heteroatoms. The van der Waals surface area contributed by atoms with E-state index in [1.807, 2.05) is 0 Å². The molecule has 1 aromatic heterocycles. The number of rotatable bonds is 6. The van der Waals surface area contributed by atoms with Crippen molar-refractivity contribution in [2.24, 2.45) is 10.1 Å². The number of hydrogen-bond donors (Lipinski definition) is 0. The second-order valence-corrected chi connectivity index (χ2v) is 6.90. The highest BCUT2D eigenvalue weighted by molar-refractivity contribution is 7.07. The Morgan fingerprint density at radius 3 is 2.48 bits per heavy atom. The first-order valence-corrected chi connectivity index (χ1v) is 9.40. The van der Waals surface area contributed by atoms with Gasteiger partial charge in [-0.1, -0.05) is 46.0 Å². The Hall–Kier alpha value is -0.900. The average Bonchev–Trinajstić information content (AvgIpc) is 2.82. The maximum absolute atomic E-state index is 4.99. The summed E-state index contributed by atoms with van der Waals surface area (Å²) >= 11 is 1.74. The van der Waals surface area contributed by atoms with Crippen LogP contribution >= 0.6 is 11.3 Å². The molecule has 1 aromatic rings. The number of aryl methyl sites for hydroxylation is 1. The average molecular weight is 308 g/mol. The number of aromatic nitrogens is 1. The molecule has 0 N–H and O–H groups in total. The molecule has 0 unspecified atom stereocenters. The molecule has 0 atom stereocenters. The molecule has 1 aliphatic rings. The summed E-state index contributed by atoms with van der Waals surface area (Å²) < 4.78 is 2.08. The standard InChI is InChI=1S/C17H29N3S/c1-4-9-16(10-5-2)19-20-14(3)13-21-17(20)18-15-11-7-6-8-12-15/h13,15H,4-12H2,1-3H3. The van der Waals surface area contributed by atoms with Crippen LogP contribution in [-0.4, -0.2) is 16.4 Å². The minimum atomic E-state index is 0.513. The zero-order chi connectivity index (χ0) is 15.1. The van der Waals surface area contributed by atoms with Gasteiger partial charge >= 0.3 is 0 Å². The zero-order valence-corrected chi connectivity index (χ0v) is 14.6. The number of hydrogen-bond acceptors (Lipinski definition) is 3. The van der Waals surface area contributed by atoms with Gasteiger partial charge in [0.2, 0.25) is 4.80 Å². The quantitative estimate of drug-likeness (QED) is 0.669. The van der Waals surface area contributed by atoms with Gasteiger partial charge in [0, 0.05) is 11.1 Å². The van der Waals surface area contributed by atoms with E-state index < -0.39 is 0 Å². The molecular formula is C17H29N3S. The summed E-state index contributed by atoms with van der Waals surface area (Å²) in [6.45, 7) is 6.59. The monoisotopic (exact) mass is 307 g/mol. The fourth-order valence-corrected chi connectivity index (χ4v) is 3.78. The van der Waals surface area contributed by atoms with Gasteiger partial charge < -0.3 is 0 Å². The van der Waals surface area contributed by atoms with Crippen molar-refractivity contribution in [1.82, 2.24) is 4.68 Å². The normalized spacial score (nSPS) is 17.2. The van der Waals surface area contributed by atoms with E-state index in [0.29, 0.717) is 6.04 Å². The second kappa shape index (κ2) is 8.52. The lowest BCUT2D eigenvalue weighted by Crippen LogP contribution is -2.20. The van der Waals surface area contributed by atoms with Crippen LogP contribution in [0.1, 0.15) is 77.3 Å². The van der Waals surface area contributed by atoms with Gasteiger partial charge in [-0.2, -0.15) is 5.10 Å². The SMILES string of the molecule is CCCC(CCC)=Nn1c(C)csc1=NC1CCCCC1. The van der Waals surface area contributed by atoms with Crippen molar-refractivity contribution in [1.29, 1.82) is 0 Å². The van der Waals surface area contributed by atoms with Gasteiger partial charge in [0.05, 0.1) is 11.7 Å². The van der Waals surface area contributed by atoms with Gasteiger partial charge in [0.15, 0.2) is 0 Å². The predicted octanol–water partition coefficient (Wildman–Crippen LogP) is 4.90. The summed E-state index contributed by atoms with van der Waals surface area (Å²) in [5.74, 6) is 0. The summed E-state index contributed by atoms with van der Waals surface area (Å²) in [6.07, 6.45) is 11.1. The van der Waals surface area contributed by atoms with Crippen LogP contribution in [-0.2, 0) is 0 Å². The minimum absolute atomic E-state index is 0.513. The maximum atomic E-state index is 4.99. The van der Waals surface area contributed by atoms with Crippen molar-refractivity contribution >= 4 is 17.0 Å². The molecule has 1 fully saturated rings. The van der Waals surface area contributed by atoms with Crippen LogP contribution in [0.25, 0.3) is 0 Å². The van der Waals surface area contributed by atoms with E-state index >= 15 is 0 Å². The third-order valence-electron chi connectivity index (χ3n) is 4.04. The first-order valence-electron chi connectivity index (χ1n) is 8.52. The fraction of sp³-hybridized carbons (Fsp3) is 0.765. The van der Waals surface area contributed by atoms with Crippen LogP contribution < -0.4 is 4.80 Å². The topological polar surface area (TPSA) is 29.6 Å². The molecule has 0 radical (unpaired) electrons. The fourth-order valence-electron chi connectivity index (χ4n) is 2.91. The van der Waals surface area contributed by atoms with Crippen molar-refractivity contribution in [3.8, 4) is 0 Å². The zero-order valence-electron chi connectivity index (χ0n) is 13.8. The van der Waals surface area contributed by atoms with Crippen LogP contribution in [0.3, 0.4) is 0 Å². The second-order valence-electron chi connectivity index (χ2n) is 6.06. The third-order valence-corrected chi connectivity index (χ3v) is 4.98. The first-order chi connectivity index (χ1) is 10.2. The molecule has 0 saturated heterocycles. The van der Waals surface area contributed by atoms with Gasteiger partial charge in [-0.05, 0) is 32.6 Å². The van der Waals surface area contributed by atoms with Crippen molar-refractivity contribution in [2.75, 3.05) is 0 Å². The molecule has 1 saturated carbocycles. The van der Waals surface area contributed by atoms with E-state index in [9.17, 15) is 0 Å². The van der Waals surface area contributed by atoms with Gasteiger partial charge in [0.25, 0.3) is 0 Å². The molecule has 3 nitrogen and oxygen atoms in total. The Bertz CT molecular complexity index is 510. The lowest BCUT2D eigenvalue weighted by atomic mass is 9.96. The van der Waals surface area contributed by atoms with Crippen molar-refractivity contribution < 1.29 is 0 Å². The summed E-state index contributed by atoms with van der Waals surface area (Å²) in [5, 5.41) is 7.09. The van der Waals surface area contributed by atoms with Gasteiger partial charge in [-0.15, -0.1) is 11.3 Å². The molecule has 0 bridgehead atoms. The smallest absolute Gasteiger partial charge is 0.206 e. The third kappa shape index (κ3) is 4.80. The van der Waals surface area contributed by atoms with E-state index in [1.165, 1.54) is 43.5 Å². The molecule has 21 heavy (non-hydrogen) atoms. The summed E-state index contributed by atoms with van der Waals surface area (Å²) in [4.78, 5) is 6.07. The minimum Gasteiger partial charge on any atom is -0.254 e. The van der Waals surface area contributed by atoms with Crippen molar-refractivity contribution in [2.45, 2.75) is 84.6 Å². The molecule has 0 aromatic carbocycles. The van der Waals surface area contributed by atoms with Crippen molar-refractivity contribution in [3.63, 3.8) is 0 Å². The molecule has 0 aliphatic heterocycles. The van der Waals surface area contributed by atoms with E-state index in [2.05, 4.69) is 30.8 Å². The van der Waals surface area contributed by atoms with E-state index in [-0.39, 0.29) is 0 Å². The molecule has 0 spiro atoms.